The molecule has 1 amide bonds. The smallest absolute Gasteiger partial charge is 0.307 e. The number of hydrogen-bond donors (Lipinski definition) is 1. The SMILES string of the molecule is O=C(O)C1CCCCC1C(=O)N1CCN(c2nc(-c3ccccc3Cl)c3cc(Br)ccc3n2)CC1. The van der Waals surface area contributed by atoms with Gasteiger partial charge >= 0.3 is 5.97 Å². The average molecular weight is 558 g/mol. The fraction of sp³-hybridized carbons (Fsp3) is 0.385. The van der Waals surface area contributed by atoms with Crippen molar-refractivity contribution in [2.45, 2.75) is 25.7 Å². The van der Waals surface area contributed by atoms with Gasteiger partial charge in [-0.2, -0.15) is 0 Å². The van der Waals surface area contributed by atoms with Gasteiger partial charge in [-0.15, -0.1) is 0 Å². The van der Waals surface area contributed by atoms with Gasteiger partial charge in [-0.3, -0.25) is 9.59 Å². The van der Waals surface area contributed by atoms with Crippen LogP contribution in [0.5, 0.6) is 0 Å². The summed E-state index contributed by atoms with van der Waals surface area (Å²) in [6.07, 6.45) is 3.02. The predicted molar refractivity (Wildman–Crippen MR) is 140 cm³/mol. The van der Waals surface area contributed by atoms with E-state index >= 15 is 0 Å². The van der Waals surface area contributed by atoms with E-state index in [1.54, 1.807) is 0 Å². The Morgan fingerprint density at radius 1 is 0.971 bits per heavy atom. The van der Waals surface area contributed by atoms with Crippen LogP contribution in [0.1, 0.15) is 25.7 Å². The van der Waals surface area contributed by atoms with Gasteiger partial charge in [-0.1, -0.05) is 58.6 Å². The highest BCUT2D eigenvalue weighted by Crippen LogP contribution is 2.35. The van der Waals surface area contributed by atoms with E-state index in [2.05, 4.69) is 20.8 Å². The van der Waals surface area contributed by atoms with Gasteiger partial charge in [0.2, 0.25) is 11.9 Å². The topological polar surface area (TPSA) is 86.6 Å². The number of hydrogen-bond acceptors (Lipinski definition) is 5. The molecule has 9 heteroatoms. The summed E-state index contributed by atoms with van der Waals surface area (Å²) in [4.78, 5) is 38.5. The largest absolute Gasteiger partial charge is 0.481 e. The monoisotopic (exact) mass is 556 g/mol. The number of carbonyl (C=O) groups is 2. The van der Waals surface area contributed by atoms with E-state index in [4.69, 9.17) is 21.6 Å². The average Bonchev–Trinajstić information content (AvgIpc) is 2.88. The Hall–Kier alpha value is -2.71. The van der Waals surface area contributed by atoms with Crippen molar-refractivity contribution in [3.63, 3.8) is 0 Å². The Labute approximate surface area is 217 Å². The highest BCUT2D eigenvalue weighted by atomic mass is 79.9. The minimum absolute atomic E-state index is 0.0298. The Morgan fingerprint density at radius 3 is 2.40 bits per heavy atom. The number of aromatic nitrogens is 2. The number of piperazine rings is 1. The zero-order valence-corrected chi connectivity index (χ0v) is 21.5. The zero-order chi connectivity index (χ0) is 24.5. The van der Waals surface area contributed by atoms with Crippen molar-refractivity contribution in [1.82, 2.24) is 14.9 Å². The summed E-state index contributed by atoms with van der Waals surface area (Å²) in [7, 11) is 0. The molecular weight excluding hydrogens is 532 g/mol. The van der Waals surface area contributed by atoms with Crippen molar-refractivity contribution in [3.8, 4) is 11.3 Å². The molecule has 0 radical (unpaired) electrons. The quantitative estimate of drug-likeness (QED) is 0.471. The van der Waals surface area contributed by atoms with Crippen LogP contribution < -0.4 is 4.90 Å². The second kappa shape index (κ2) is 10.1. The number of fused-ring (bicyclic) bond motifs is 1. The lowest BCUT2D eigenvalue weighted by Gasteiger charge is -2.38. The maximum atomic E-state index is 13.2. The van der Waals surface area contributed by atoms with Crippen LogP contribution in [0.25, 0.3) is 22.2 Å². The van der Waals surface area contributed by atoms with Crippen molar-refractivity contribution >= 4 is 56.3 Å². The molecule has 2 aliphatic rings. The number of benzene rings is 2. The lowest BCUT2D eigenvalue weighted by atomic mass is 9.78. The van der Waals surface area contributed by atoms with Gasteiger partial charge in [0.1, 0.15) is 0 Å². The van der Waals surface area contributed by atoms with Crippen molar-refractivity contribution in [2.75, 3.05) is 31.1 Å². The molecule has 2 unspecified atom stereocenters. The summed E-state index contributed by atoms with van der Waals surface area (Å²) in [6.45, 7) is 2.20. The van der Waals surface area contributed by atoms with E-state index in [9.17, 15) is 14.7 Å². The molecule has 1 saturated carbocycles. The molecule has 0 bridgehead atoms. The van der Waals surface area contributed by atoms with Gasteiger partial charge < -0.3 is 14.9 Å². The number of carboxylic acid groups (broad SMARTS) is 1. The van der Waals surface area contributed by atoms with Crippen LogP contribution in [-0.4, -0.2) is 58.0 Å². The maximum Gasteiger partial charge on any atom is 0.307 e. The molecule has 1 aliphatic carbocycles. The van der Waals surface area contributed by atoms with Crippen LogP contribution in [0.15, 0.2) is 46.9 Å². The second-order valence-corrected chi connectivity index (χ2v) is 10.5. The fourth-order valence-electron chi connectivity index (χ4n) is 5.17. The summed E-state index contributed by atoms with van der Waals surface area (Å²) in [6, 6.07) is 13.5. The molecule has 2 fully saturated rings. The number of halogens is 2. The van der Waals surface area contributed by atoms with Crippen LogP contribution in [0.3, 0.4) is 0 Å². The van der Waals surface area contributed by atoms with Gasteiger partial charge in [-0.05, 0) is 37.1 Å². The number of nitrogens with zero attached hydrogens (tertiary/aromatic N) is 4. The molecule has 1 aromatic heterocycles. The molecule has 182 valence electrons. The fourth-order valence-corrected chi connectivity index (χ4v) is 5.76. The Balaban J connectivity index is 1.39. The number of rotatable bonds is 4. The van der Waals surface area contributed by atoms with Crippen molar-refractivity contribution in [2.24, 2.45) is 11.8 Å². The first kappa shape index (κ1) is 24.0. The maximum absolute atomic E-state index is 13.2. The van der Waals surface area contributed by atoms with Crippen molar-refractivity contribution in [3.05, 3.63) is 52.0 Å². The van der Waals surface area contributed by atoms with Crippen LogP contribution >= 0.6 is 27.5 Å². The number of carboxylic acids is 1. The number of carbonyl (C=O) groups excluding carboxylic acids is 1. The second-order valence-electron chi connectivity index (χ2n) is 9.16. The van der Waals surface area contributed by atoms with Gasteiger partial charge in [0.05, 0.1) is 23.0 Å². The highest BCUT2D eigenvalue weighted by molar-refractivity contribution is 9.10. The Kier molecular flexibility index (Phi) is 6.93. The van der Waals surface area contributed by atoms with Crippen LogP contribution in [0.2, 0.25) is 5.02 Å². The molecule has 2 heterocycles. The van der Waals surface area contributed by atoms with Crippen molar-refractivity contribution < 1.29 is 14.7 Å². The molecule has 35 heavy (non-hydrogen) atoms. The first-order valence-corrected chi connectivity index (χ1v) is 13.1. The van der Waals surface area contributed by atoms with E-state index in [1.807, 2.05) is 47.4 Å². The van der Waals surface area contributed by atoms with E-state index in [0.29, 0.717) is 50.0 Å². The summed E-state index contributed by atoms with van der Waals surface area (Å²) in [5, 5.41) is 11.1. The molecule has 2 atom stereocenters. The standard InChI is InChI=1S/C26H26BrClN4O3/c27-16-9-10-22-20(15-16)23(19-7-3-4-8-21(19)28)30-26(29-22)32-13-11-31(12-14-32)24(33)17-5-1-2-6-18(17)25(34)35/h3-4,7-10,15,17-18H,1-2,5-6,11-14H2,(H,34,35). The number of anilines is 1. The van der Waals surface area contributed by atoms with Crippen molar-refractivity contribution in [1.29, 1.82) is 0 Å². The first-order valence-electron chi connectivity index (χ1n) is 11.9. The Bertz CT molecular complexity index is 1280. The summed E-state index contributed by atoms with van der Waals surface area (Å²) in [5.41, 5.74) is 2.42. The summed E-state index contributed by atoms with van der Waals surface area (Å²) < 4.78 is 0.934. The summed E-state index contributed by atoms with van der Waals surface area (Å²) in [5.74, 6) is -1.28. The third-order valence-corrected chi connectivity index (χ3v) is 7.87. The van der Waals surface area contributed by atoms with E-state index in [1.165, 1.54) is 0 Å². The van der Waals surface area contributed by atoms with E-state index < -0.39 is 17.8 Å². The zero-order valence-electron chi connectivity index (χ0n) is 19.2. The Morgan fingerprint density at radius 2 is 1.69 bits per heavy atom. The van der Waals surface area contributed by atoms with Crippen LogP contribution in [0.4, 0.5) is 5.95 Å². The van der Waals surface area contributed by atoms with Gasteiger partial charge in [0.25, 0.3) is 0 Å². The highest BCUT2D eigenvalue weighted by Gasteiger charge is 2.38. The predicted octanol–water partition coefficient (Wildman–Crippen LogP) is 5.25. The van der Waals surface area contributed by atoms with Gasteiger partial charge in [0, 0.05) is 46.6 Å². The van der Waals surface area contributed by atoms with Gasteiger partial charge in [0.15, 0.2) is 0 Å². The third-order valence-electron chi connectivity index (χ3n) is 7.05. The minimum Gasteiger partial charge on any atom is -0.481 e. The molecule has 2 aromatic carbocycles. The molecule has 0 spiro atoms. The van der Waals surface area contributed by atoms with E-state index in [-0.39, 0.29) is 5.91 Å². The van der Waals surface area contributed by atoms with Gasteiger partial charge in [-0.25, -0.2) is 9.97 Å². The third kappa shape index (κ3) is 4.86. The lowest BCUT2D eigenvalue weighted by Crippen LogP contribution is -2.52. The normalized spacial score (nSPS) is 20.7. The molecular formula is C26H26BrClN4O3. The first-order chi connectivity index (χ1) is 16.9. The number of aliphatic carboxylic acids is 1. The molecule has 5 rings (SSSR count). The van der Waals surface area contributed by atoms with Crippen LogP contribution in [-0.2, 0) is 9.59 Å². The summed E-state index contributed by atoms with van der Waals surface area (Å²) >= 11 is 10.1. The molecule has 1 N–H and O–H groups in total. The van der Waals surface area contributed by atoms with E-state index in [0.717, 1.165) is 39.5 Å². The molecule has 1 aliphatic heterocycles. The molecule has 1 saturated heterocycles. The lowest BCUT2D eigenvalue weighted by molar-refractivity contribution is -0.152. The van der Waals surface area contributed by atoms with Crippen LogP contribution in [0, 0.1) is 11.8 Å². The molecule has 3 aromatic rings. The molecule has 7 nitrogen and oxygen atoms in total. The minimum atomic E-state index is -0.856. The number of amides is 1.